The molecule has 0 aromatic rings. The van der Waals surface area contributed by atoms with E-state index >= 15 is 0 Å². The van der Waals surface area contributed by atoms with Gasteiger partial charge in [0.05, 0.1) is 0 Å². The molecule has 3 saturated carbocycles. The van der Waals surface area contributed by atoms with Gasteiger partial charge in [-0.3, -0.25) is 4.79 Å². The van der Waals surface area contributed by atoms with Crippen molar-refractivity contribution in [3.05, 3.63) is 0 Å². The predicted octanol–water partition coefficient (Wildman–Crippen LogP) is 3.47. The molecule has 1 unspecified atom stereocenters. The van der Waals surface area contributed by atoms with Crippen molar-refractivity contribution in [2.45, 2.75) is 64.1 Å². The van der Waals surface area contributed by atoms with Crippen molar-refractivity contribution in [2.75, 3.05) is 0 Å². The summed E-state index contributed by atoms with van der Waals surface area (Å²) in [4.78, 5) is 12.6. The molecule has 78 valence electrons. The van der Waals surface area contributed by atoms with E-state index in [0.717, 1.165) is 32.1 Å². The van der Waals surface area contributed by atoms with Crippen molar-refractivity contribution >= 4 is 5.78 Å². The third-order valence-electron chi connectivity index (χ3n) is 4.67. The van der Waals surface area contributed by atoms with E-state index < -0.39 is 23.9 Å². The maximum atomic E-state index is 12.6. The lowest BCUT2D eigenvalue weighted by Crippen LogP contribution is -2.38. The van der Waals surface area contributed by atoms with Gasteiger partial charge in [0.15, 0.2) is 0 Å². The molecule has 0 aromatic heterocycles. The van der Waals surface area contributed by atoms with Crippen molar-refractivity contribution < 1.29 is 10.3 Å². The average molecular weight is 196 g/mol. The summed E-state index contributed by atoms with van der Waals surface area (Å²) in [5.41, 5.74) is -1.27. The Balaban J connectivity index is 2.14. The van der Waals surface area contributed by atoms with Crippen LogP contribution in [0, 0.1) is 10.8 Å². The highest BCUT2D eigenvalue weighted by Gasteiger charge is 2.60. The monoisotopic (exact) mass is 196 g/mol. The fourth-order valence-corrected chi connectivity index (χ4v) is 3.95. The highest BCUT2D eigenvalue weighted by Crippen LogP contribution is 2.65. The molecule has 0 saturated heterocycles. The summed E-state index contributed by atoms with van der Waals surface area (Å²) in [5, 5.41) is 0. The summed E-state index contributed by atoms with van der Waals surface area (Å²) in [6, 6.07) is 0. The number of fused-ring (bicyclic) bond motifs is 1. The van der Waals surface area contributed by atoms with E-state index in [2.05, 4.69) is 0 Å². The zero-order valence-electron chi connectivity index (χ0n) is 12.6. The van der Waals surface area contributed by atoms with E-state index in [0.29, 0.717) is 12.8 Å². The fourth-order valence-electron chi connectivity index (χ4n) is 3.95. The van der Waals surface area contributed by atoms with Gasteiger partial charge in [0, 0.05) is 17.3 Å². The minimum Gasteiger partial charge on any atom is -0.299 e. The van der Waals surface area contributed by atoms with Gasteiger partial charge in [0.25, 0.3) is 0 Å². The molecule has 2 spiro atoms. The molecular formula is C13H20O. The zero-order chi connectivity index (χ0) is 13.2. The van der Waals surface area contributed by atoms with Crippen LogP contribution in [0.15, 0.2) is 0 Å². The summed E-state index contributed by atoms with van der Waals surface area (Å²) in [6.07, 6.45) is 2.42. The molecule has 3 aliphatic rings. The quantitative estimate of drug-likeness (QED) is 0.580. The lowest BCUT2D eigenvalue weighted by atomic mass is 9.63. The van der Waals surface area contributed by atoms with Crippen molar-refractivity contribution in [1.82, 2.24) is 0 Å². The summed E-state index contributed by atoms with van der Waals surface area (Å²) in [5.74, 6) is -0.431. The topological polar surface area (TPSA) is 17.1 Å². The van der Waals surface area contributed by atoms with E-state index in [1.54, 1.807) is 0 Å². The van der Waals surface area contributed by atoms with Crippen molar-refractivity contribution in [3.63, 3.8) is 0 Å². The van der Waals surface area contributed by atoms with Crippen LogP contribution in [0.3, 0.4) is 0 Å². The number of Topliss-reactive ketones (excluding diaryl/α,β-unsaturated/α-hetero) is 1. The lowest BCUT2D eigenvalue weighted by molar-refractivity contribution is -0.131. The molecule has 3 fully saturated rings. The number of hydrogen-bond donors (Lipinski definition) is 0. The van der Waals surface area contributed by atoms with Gasteiger partial charge < -0.3 is 0 Å². The van der Waals surface area contributed by atoms with Gasteiger partial charge in [0.2, 0.25) is 0 Å². The first kappa shape index (κ1) is 5.67. The van der Waals surface area contributed by atoms with Crippen LogP contribution in [0.25, 0.3) is 0 Å². The Kier molecular flexibility index (Phi) is 1.15. The Morgan fingerprint density at radius 2 is 1.71 bits per heavy atom. The summed E-state index contributed by atoms with van der Waals surface area (Å²) >= 11 is 0. The van der Waals surface area contributed by atoms with Crippen LogP contribution in [0.2, 0.25) is 0 Å². The van der Waals surface area contributed by atoms with Crippen LogP contribution in [0.1, 0.15) is 69.6 Å². The highest BCUT2D eigenvalue weighted by molar-refractivity contribution is 5.88. The van der Waals surface area contributed by atoms with Gasteiger partial charge in [0.1, 0.15) is 5.78 Å². The molecule has 0 amide bonds. The second-order valence-electron chi connectivity index (χ2n) is 5.08. The Bertz CT molecular complexity index is 398. The molecule has 0 radical (unpaired) electrons. The maximum absolute atomic E-state index is 12.6. The van der Waals surface area contributed by atoms with Crippen LogP contribution >= 0.6 is 0 Å². The van der Waals surface area contributed by atoms with Gasteiger partial charge in [-0.25, -0.2) is 0 Å². The smallest absolute Gasteiger partial charge is 0.139 e. The standard InChI is InChI=1S/C13H20O/c14-11-5-3-9-13(11)10-4-8-12(13)6-1-2-7-12/h1-10H2/i5D2,10D2. The van der Waals surface area contributed by atoms with Crippen LogP contribution < -0.4 is 0 Å². The third-order valence-corrected chi connectivity index (χ3v) is 4.67. The largest absolute Gasteiger partial charge is 0.299 e. The van der Waals surface area contributed by atoms with Crippen molar-refractivity contribution in [2.24, 2.45) is 10.8 Å². The molecule has 0 heterocycles. The summed E-state index contributed by atoms with van der Waals surface area (Å²) in [7, 11) is 0. The molecule has 1 heteroatoms. The molecule has 0 aliphatic heterocycles. The zero-order valence-corrected chi connectivity index (χ0v) is 8.57. The van der Waals surface area contributed by atoms with Crippen LogP contribution in [0.5, 0.6) is 0 Å². The maximum Gasteiger partial charge on any atom is 0.139 e. The van der Waals surface area contributed by atoms with Crippen molar-refractivity contribution in [1.29, 1.82) is 0 Å². The number of rotatable bonds is 0. The molecule has 3 rings (SSSR count). The molecule has 1 nitrogen and oxygen atoms in total. The number of carbonyl (C=O) groups excluding carboxylic acids is 1. The number of carbonyl (C=O) groups is 1. The average Bonchev–Trinajstić information content (AvgIpc) is 2.89. The molecule has 0 aromatic carbocycles. The normalized spacial score (nSPS) is 51.9. The fraction of sp³-hybridized carbons (Fsp3) is 0.923. The first-order valence-electron chi connectivity index (χ1n) is 7.83. The summed E-state index contributed by atoms with van der Waals surface area (Å²) < 4.78 is 32.3. The molecule has 0 N–H and O–H groups in total. The molecule has 0 bridgehead atoms. The molecular weight excluding hydrogens is 172 g/mol. The number of ketones is 1. The van der Waals surface area contributed by atoms with E-state index in [1.165, 1.54) is 0 Å². The van der Waals surface area contributed by atoms with Crippen LogP contribution in [-0.4, -0.2) is 5.78 Å². The van der Waals surface area contributed by atoms with Gasteiger partial charge in [-0.2, -0.15) is 0 Å². The molecule has 3 aliphatic carbocycles. The Morgan fingerprint density at radius 3 is 2.36 bits per heavy atom. The summed E-state index contributed by atoms with van der Waals surface area (Å²) in [6.45, 7) is 0. The van der Waals surface area contributed by atoms with Crippen molar-refractivity contribution in [3.8, 4) is 0 Å². The van der Waals surface area contributed by atoms with Crippen LogP contribution in [0.4, 0.5) is 0 Å². The van der Waals surface area contributed by atoms with E-state index in [9.17, 15) is 4.79 Å². The Hall–Kier alpha value is -0.330. The second kappa shape index (κ2) is 2.84. The van der Waals surface area contributed by atoms with Gasteiger partial charge in [-0.05, 0) is 43.9 Å². The highest BCUT2D eigenvalue weighted by atomic mass is 16.1. The molecule has 14 heavy (non-hydrogen) atoms. The van der Waals surface area contributed by atoms with Crippen LogP contribution in [-0.2, 0) is 4.79 Å². The molecule has 1 atom stereocenters. The van der Waals surface area contributed by atoms with E-state index in [4.69, 9.17) is 5.48 Å². The van der Waals surface area contributed by atoms with Gasteiger partial charge in [-0.15, -0.1) is 0 Å². The Labute approximate surface area is 91.9 Å². The predicted molar refractivity (Wildman–Crippen MR) is 56.0 cm³/mol. The first-order valence-corrected chi connectivity index (χ1v) is 5.83. The van der Waals surface area contributed by atoms with E-state index in [-0.39, 0.29) is 11.8 Å². The number of hydrogen-bond acceptors (Lipinski definition) is 1. The third kappa shape index (κ3) is 0.888. The van der Waals surface area contributed by atoms with Gasteiger partial charge >= 0.3 is 0 Å². The first-order chi connectivity index (χ1) is 8.28. The second-order valence-corrected chi connectivity index (χ2v) is 5.08. The Morgan fingerprint density at radius 1 is 1.00 bits per heavy atom. The van der Waals surface area contributed by atoms with E-state index in [1.807, 2.05) is 0 Å². The SMILES string of the molecule is [2H]C1([2H])CCC2(C1=O)C([2H])([2H])CCC21CCCC1. The lowest BCUT2D eigenvalue weighted by Gasteiger charge is -2.40. The minimum atomic E-state index is -1.81. The minimum absolute atomic E-state index is 0.201. The van der Waals surface area contributed by atoms with Gasteiger partial charge in [-0.1, -0.05) is 19.3 Å².